The van der Waals surface area contributed by atoms with Crippen LogP contribution in [0.25, 0.3) is 5.69 Å². The number of carbonyl (C=O) groups is 1. The Labute approximate surface area is 143 Å². The summed E-state index contributed by atoms with van der Waals surface area (Å²) in [4.78, 5) is 18.7. The highest BCUT2D eigenvalue weighted by molar-refractivity contribution is 5.79. The van der Waals surface area contributed by atoms with E-state index in [1.165, 1.54) is 6.33 Å². The summed E-state index contributed by atoms with van der Waals surface area (Å²) in [6.45, 7) is 3.14. The van der Waals surface area contributed by atoms with Gasteiger partial charge in [0.1, 0.15) is 6.33 Å². The molecule has 1 aliphatic rings. The smallest absolute Gasteiger partial charge is 0.231 e. The van der Waals surface area contributed by atoms with Crippen LogP contribution in [-0.4, -0.2) is 54.2 Å². The van der Waals surface area contributed by atoms with Crippen LogP contribution in [-0.2, 0) is 11.2 Å². The predicted molar refractivity (Wildman–Crippen MR) is 85.8 cm³/mol. The molecule has 128 valence electrons. The van der Waals surface area contributed by atoms with Gasteiger partial charge in [-0.05, 0) is 41.5 Å². The van der Waals surface area contributed by atoms with Crippen LogP contribution in [0.3, 0.4) is 0 Å². The Hall–Kier alpha value is -3.10. The van der Waals surface area contributed by atoms with Crippen LogP contribution >= 0.6 is 0 Å². The summed E-state index contributed by atoms with van der Waals surface area (Å²) in [6.07, 6.45) is 2.75. The minimum Gasteiger partial charge on any atom is -0.342 e. The van der Waals surface area contributed by atoms with Gasteiger partial charge >= 0.3 is 0 Å². The van der Waals surface area contributed by atoms with Gasteiger partial charge in [0.25, 0.3) is 0 Å². The number of carbonyl (C=O) groups excluding carboxylic acids is 1. The molecule has 9 heteroatoms. The summed E-state index contributed by atoms with van der Waals surface area (Å²) in [5, 5.41) is 14.9. The van der Waals surface area contributed by atoms with Crippen molar-refractivity contribution in [1.82, 2.24) is 35.2 Å². The van der Waals surface area contributed by atoms with Gasteiger partial charge in [-0.15, -0.1) is 5.10 Å². The van der Waals surface area contributed by atoms with Crippen LogP contribution in [0.15, 0.2) is 35.1 Å². The lowest BCUT2D eigenvalue weighted by atomic mass is 10.1. The van der Waals surface area contributed by atoms with E-state index in [2.05, 4.69) is 25.7 Å². The first-order chi connectivity index (χ1) is 12.2. The van der Waals surface area contributed by atoms with E-state index >= 15 is 0 Å². The summed E-state index contributed by atoms with van der Waals surface area (Å²) in [6, 6.07) is 7.63. The molecule has 2 aromatic heterocycles. The molecule has 1 aliphatic heterocycles. The van der Waals surface area contributed by atoms with Gasteiger partial charge in [0.2, 0.25) is 11.8 Å². The lowest BCUT2D eigenvalue weighted by Gasteiger charge is -2.16. The molecule has 0 radical (unpaired) electrons. The largest absolute Gasteiger partial charge is 0.342 e. The van der Waals surface area contributed by atoms with E-state index in [9.17, 15) is 4.79 Å². The molecule has 0 aliphatic carbocycles. The third-order valence-corrected chi connectivity index (χ3v) is 4.34. The topological polar surface area (TPSA) is 103 Å². The second-order valence-electron chi connectivity index (χ2n) is 6.10. The van der Waals surface area contributed by atoms with Crippen LogP contribution in [0, 0.1) is 6.92 Å². The van der Waals surface area contributed by atoms with Crippen LogP contribution < -0.4 is 0 Å². The average molecular weight is 339 g/mol. The lowest BCUT2D eigenvalue weighted by molar-refractivity contribution is -0.129. The molecule has 1 saturated heterocycles. The van der Waals surface area contributed by atoms with E-state index in [0.29, 0.717) is 31.2 Å². The molecule has 0 spiro atoms. The Morgan fingerprint density at radius 3 is 2.84 bits per heavy atom. The van der Waals surface area contributed by atoms with Gasteiger partial charge in [-0.3, -0.25) is 4.79 Å². The second kappa shape index (κ2) is 6.42. The normalized spacial score (nSPS) is 17.2. The van der Waals surface area contributed by atoms with Crippen molar-refractivity contribution in [2.45, 2.75) is 25.7 Å². The molecule has 25 heavy (non-hydrogen) atoms. The fourth-order valence-electron chi connectivity index (χ4n) is 3.00. The molecule has 0 saturated carbocycles. The highest BCUT2D eigenvalue weighted by Crippen LogP contribution is 2.26. The Bertz CT molecular complexity index is 857. The molecule has 0 bridgehead atoms. The van der Waals surface area contributed by atoms with Crippen molar-refractivity contribution in [2.75, 3.05) is 13.1 Å². The highest BCUT2D eigenvalue weighted by atomic mass is 16.5. The fraction of sp³-hybridized carbons (Fsp3) is 0.375. The first-order valence-corrected chi connectivity index (χ1v) is 8.09. The van der Waals surface area contributed by atoms with Crippen molar-refractivity contribution in [2.24, 2.45) is 0 Å². The molecular formula is C16H17N7O2. The number of rotatable bonds is 4. The predicted octanol–water partition coefficient (Wildman–Crippen LogP) is 0.912. The number of aryl methyl sites for hydroxylation is 1. The quantitative estimate of drug-likeness (QED) is 0.696. The van der Waals surface area contributed by atoms with E-state index < -0.39 is 0 Å². The molecular weight excluding hydrogens is 322 g/mol. The number of hydrogen-bond donors (Lipinski definition) is 0. The molecule has 0 unspecified atom stereocenters. The summed E-state index contributed by atoms with van der Waals surface area (Å²) in [5.41, 5.74) is 1.81. The van der Waals surface area contributed by atoms with Gasteiger partial charge in [-0.25, -0.2) is 4.68 Å². The van der Waals surface area contributed by atoms with Crippen LogP contribution in [0.2, 0.25) is 0 Å². The molecule has 1 amide bonds. The number of aromatic nitrogens is 6. The first-order valence-electron chi connectivity index (χ1n) is 8.09. The maximum Gasteiger partial charge on any atom is 0.231 e. The van der Waals surface area contributed by atoms with E-state index in [4.69, 9.17) is 4.52 Å². The SMILES string of the molecule is Cc1noc([C@@H]2CCN(C(=O)Cc3ccc(-n4cnnn4)cc3)C2)n1. The summed E-state index contributed by atoms with van der Waals surface area (Å²) >= 11 is 0. The Kier molecular flexibility index (Phi) is 3.96. The Morgan fingerprint density at radius 1 is 1.32 bits per heavy atom. The van der Waals surface area contributed by atoms with E-state index in [1.54, 1.807) is 11.6 Å². The minimum absolute atomic E-state index is 0.105. The molecule has 1 aromatic carbocycles. The van der Waals surface area contributed by atoms with Crippen LogP contribution in [0.1, 0.15) is 29.6 Å². The van der Waals surface area contributed by atoms with Crippen molar-refractivity contribution in [3.05, 3.63) is 47.9 Å². The molecule has 9 nitrogen and oxygen atoms in total. The van der Waals surface area contributed by atoms with Gasteiger partial charge in [-0.2, -0.15) is 4.98 Å². The Morgan fingerprint density at radius 2 is 2.16 bits per heavy atom. The zero-order valence-corrected chi connectivity index (χ0v) is 13.7. The molecule has 1 fully saturated rings. The average Bonchev–Trinajstić information content (AvgIpc) is 3.36. The zero-order chi connectivity index (χ0) is 17.2. The molecule has 3 heterocycles. The first kappa shape index (κ1) is 15.4. The molecule has 1 atom stereocenters. The van der Waals surface area contributed by atoms with Gasteiger partial charge in [0, 0.05) is 13.1 Å². The third-order valence-electron chi connectivity index (χ3n) is 4.34. The minimum atomic E-state index is 0.105. The van der Waals surface area contributed by atoms with Crippen molar-refractivity contribution in [1.29, 1.82) is 0 Å². The number of hydrogen-bond acceptors (Lipinski definition) is 7. The summed E-state index contributed by atoms with van der Waals surface area (Å²) in [5.74, 6) is 1.49. The van der Waals surface area contributed by atoms with Crippen LogP contribution in [0.5, 0.6) is 0 Å². The standard InChI is InChI=1S/C16H17N7O2/c1-11-18-16(25-19-11)13-6-7-22(9-13)15(24)8-12-2-4-14(5-3-12)23-10-17-20-21-23/h2-5,10,13H,6-9H2,1H3/t13-/m1/s1. The maximum absolute atomic E-state index is 12.5. The van der Waals surface area contributed by atoms with Gasteiger partial charge in [0.15, 0.2) is 5.82 Å². The highest BCUT2D eigenvalue weighted by Gasteiger charge is 2.30. The summed E-state index contributed by atoms with van der Waals surface area (Å²) < 4.78 is 6.80. The van der Waals surface area contributed by atoms with Gasteiger partial charge in [0.05, 0.1) is 18.0 Å². The molecule has 3 aromatic rings. The van der Waals surface area contributed by atoms with E-state index in [-0.39, 0.29) is 11.8 Å². The van der Waals surface area contributed by atoms with Crippen molar-refractivity contribution in [3.8, 4) is 5.69 Å². The van der Waals surface area contributed by atoms with Crippen molar-refractivity contribution in [3.63, 3.8) is 0 Å². The molecule has 0 N–H and O–H groups in total. The summed E-state index contributed by atoms with van der Waals surface area (Å²) in [7, 11) is 0. The monoisotopic (exact) mass is 339 g/mol. The third kappa shape index (κ3) is 3.25. The van der Waals surface area contributed by atoms with E-state index in [1.807, 2.05) is 29.2 Å². The number of benzene rings is 1. The fourth-order valence-corrected chi connectivity index (χ4v) is 3.00. The van der Waals surface area contributed by atoms with Gasteiger partial charge in [-0.1, -0.05) is 17.3 Å². The van der Waals surface area contributed by atoms with Crippen molar-refractivity contribution >= 4 is 5.91 Å². The Balaban J connectivity index is 1.37. The molecule has 4 rings (SSSR count). The van der Waals surface area contributed by atoms with Crippen LogP contribution in [0.4, 0.5) is 0 Å². The maximum atomic E-state index is 12.5. The lowest BCUT2D eigenvalue weighted by Crippen LogP contribution is -2.29. The second-order valence-corrected chi connectivity index (χ2v) is 6.10. The van der Waals surface area contributed by atoms with E-state index in [0.717, 1.165) is 17.7 Å². The van der Waals surface area contributed by atoms with Gasteiger partial charge < -0.3 is 9.42 Å². The number of amides is 1. The van der Waals surface area contributed by atoms with Crippen molar-refractivity contribution < 1.29 is 9.32 Å². The number of likely N-dealkylation sites (tertiary alicyclic amines) is 1. The number of nitrogens with zero attached hydrogens (tertiary/aromatic N) is 7. The zero-order valence-electron chi connectivity index (χ0n) is 13.7. The number of tetrazole rings is 1.